The summed E-state index contributed by atoms with van der Waals surface area (Å²) in [4.78, 5) is 28.7. The first-order valence-electron chi connectivity index (χ1n) is 11.8. The van der Waals surface area contributed by atoms with E-state index in [0.717, 1.165) is 49.2 Å². The van der Waals surface area contributed by atoms with Crippen LogP contribution < -0.4 is 15.5 Å². The van der Waals surface area contributed by atoms with Gasteiger partial charge in [-0.05, 0) is 48.6 Å². The van der Waals surface area contributed by atoms with Crippen molar-refractivity contribution in [3.05, 3.63) is 95.6 Å². The Labute approximate surface area is 195 Å². The third-order valence-corrected chi connectivity index (χ3v) is 6.02. The van der Waals surface area contributed by atoms with Crippen molar-refractivity contribution in [2.24, 2.45) is 0 Å². The van der Waals surface area contributed by atoms with Crippen LogP contribution in [0.25, 0.3) is 0 Å². The molecule has 33 heavy (non-hydrogen) atoms. The monoisotopic (exact) mass is 441 g/mol. The van der Waals surface area contributed by atoms with Crippen LogP contribution >= 0.6 is 0 Å². The molecule has 4 rings (SSSR count). The first-order valence-corrected chi connectivity index (χ1v) is 11.8. The average Bonchev–Trinajstić information content (AvgIpc) is 3.39. The van der Waals surface area contributed by atoms with E-state index in [1.807, 2.05) is 85.8 Å². The molecular weight excluding hydrogens is 410 g/mol. The third kappa shape index (κ3) is 5.43. The summed E-state index contributed by atoms with van der Waals surface area (Å²) in [5.74, 6) is -0.665. The molecule has 2 N–H and O–H groups in total. The van der Waals surface area contributed by atoms with Gasteiger partial charge in [-0.15, -0.1) is 0 Å². The van der Waals surface area contributed by atoms with Crippen molar-refractivity contribution in [2.45, 2.75) is 32.1 Å². The average molecular weight is 442 g/mol. The number of benzene rings is 3. The van der Waals surface area contributed by atoms with Gasteiger partial charge in [-0.1, -0.05) is 67.6 Å². The molecule has 0 aliphatic carbocycles. The Hall–Kier alpha value is -3.60. The van der Waals surface area contributed by atoms with E-state index >= 15 is 0 Å². The molecule has 3 aromatic carbocycles. The van der Waals surface area contributed by atoms with Gasteiger partial charge in [-0.25, -0.2) is 0 Å². The Morgan fingerprint density at radius 3 is 2.06 bits per heavy atom. The first kappa shape index (κ1) is 22.6. The standard InChI is InChI=1S/C28H31N3O2/c1-2-17-29-27(32)24-20-23(15-16-25(24)31-18-9-10-19-31)30-28(33)26(21-11-5-3-6-12-21)22-13-7-4-8-14-22/h3-8,11-16,20,26H,2,9-10,17-19H2,1H3,(H,29,32)(H,30,33). The van der Waals surface area contributed by atoms with Gasteiger partial charge in [0.25, 0.3) is 5.91 Å². The Morgan fingerprint density at radius 1 is 0.879 bits per heavy atom. The van der Waals surface area contributed by atoms with Gasteiger partial charge in [0.05, 0.1) is 11.5 Å². The molecule has 0 aromatic heterocycles. The Balaban J connectivity index is 1.64. The molecule has 0 radical (unpaired) electrons. The van der Waals surface area contributed by atoms with Crippen molar-refractivity contribution in [1.82, 2.24) is 5.32 Å². The first-order chi connectivity index (χ1) is 16.2. The predicted molar refractivity (Wildman–Crippen MR) is 134 cm³/mol. The van der Waals surface area contributed by atoms with E-state index in [2.05, 4.69) is 15.5 Å². The van der Waals surface area contributed by atoms with Gasteiger partial charge < -0.3 is 15.5 Å². The number of rotatable bonds is 8. The topological polar surface area (TPSA) is 61.4 Å². The highest BCUT2D eigenvalue weighted by atomic mass is 16.2. The number of carbonyl (C=O) groups is 2. The SMILES string of the molecule is CCCNC(=O)c1cc(NC(=O)C(c2ccccc2)c2ccccc2)ccc1N1CCCC1. The minimum Gasteiger partial charge on any atom is -0.371 e. The smallest absolute Gasteiger partial charge is 0.253 e. The minimum absolute atomic E-state index is 0.0995. The number of amides is 2. The van der Waals surface area contributed by atoms with Crippen LogP contribution in [0, 0.1) is 0 Å². The fourth-order valence-electron chi connectivity index (χ4n) is 4.36. The zero-order valence-corrected chi connectivity index (χ0v) is 19.1. The van der Waals surface area contributed by atoms with Gasteiger partial charge in [0.1, 0.15) is 0 Å². The minimum atomic E-state index is -0.442. The zero-order chi connectivity index (χ0) is 23.0. The lowest BCUT2D eigenvalue weighted by molar-refractivity contribution is -0.116. The summed E-state index contributed by atoms with van der Waals surface area (Å²) in [5.41, 5.74) is 4.02. The molecule has 170 valence electrons. The Bertz CT molecular complexity index is 1040. The second-order valence-electron chi connectivity index (χ2n) is 8.43. The van der Waals surface area contributed by atoms with E-state index in [-0.39, 0.29) is 11.8 Å². The maximum atomic E-state index is 13.5. The second kappa shape index (κ2) is 10.8. The number of carbonyl (C=O) groups excluding carboxylic acids is 2. The van der Waals surface area contributed by atoms with E-state index in [0.29, 0.717) is 17.8 Å². The maximum Gasteiger partial charge on any atom is 0.253 e. The molecule has 1 aliphatic heterocycles. The summed E-state index contributed by atoms with van der Waals surface area (Å²) in [6.45, 7) is 4.55. The van der Waals surface area contributed by atoms with Crippen molar-refractivity contribution in [2.75, 3.05) is 29.9 Å². The highest BCUT2D eigenvalue weighted by Crippen LogP contribution is 2.30. The Morgan fingerprint density at radius 2 is 1.48 bits per heavy atom. The fraction of sp³-hybridized carbons (Fsp3) is 0.286. The lowest BCUT2D eigenvalue weighted by atomic mass is 9.90. The summed E-state index contributed by atoms with van der Waals surface area (Å²) in [6, 6.07) is 25.2. The molecule has 3 aromatic rings. The lowest BCUT2D eigenvalue weighted by Gasteiger charge is -2.23. The molecular formula is C28H31N3O2. The van der Waals surface area contributed by atoms with Crippen LogP contribution in [0.15, 0.2) is 78.9 Å². The molecule has 1 fully saturated rings. The maximum absolute atomic E-state index is 13.5. The number of nitrogens with zero attached hydrogens (tertiary/aromatic N) is 1. The van der Waals surface area contributed by atoms with Gasteiger partial charge in [-0.2, -0.15) is 0 Å². The van der Waals surface area contributed by atoms with Crippen LogP contribution in [-0.4, -0.2) is 31.4 Å². The normalized spacial score (nSPS) is 13.2. The predicted octanol–water partition coefficient (Wildman–Crippen LogP) is 5.20. The molecule has 1 aliphatic rings. The van der Waals surface area contributed by atoms with Gasteiger partial charge >= 0.3 is 0 Å². The molecule has 0 spiro atoms. The summed E-state index contributed by atoms with van der Waals surface area (Å²) >= 11 is 0. The highest BCUT2D eigenvalue weighted by molar-refractivity contribution is 6.03. The summed E-state index contributed by atoms with van der Waals surface area (Å²) < 4.78 is 0. The third-order valence-electron chi connectivity index (χ3n) is 6.02. The number of anilines is 2. The number of hydrogen-bond acceptors (Lipinski definition) is 3. The van der Waals surface area contributed by atoms with E-state index < -0.39 is 5.92 Å². The molecule has 1 saturated heterocycles. The molecule has 0 atom stereocenters. The van der Waals surface area contributed by atoms with Gasteiger partial charge in [0.2, 0.25) is 5.91 Å². The molecule has 5 heteroatoms. The van der Waals surface area contributed by atoms with Crippen molar-refractivity contribution < 1.29 is 9.59 Å². The van der Waals surface area contributed by atoms with Crippen LogP contribution in [0.3, 0.4) is 0 Å². The van der Waals surface area contributed by atoms with Crippen molar-refractivity contribution >= 4 is 23.2 Å². The summed E-state index contributed by atoms with van der Waals surface area (Å²) in [6.07, 6.45) is 3.13. The van der Waals surface area contributed by atoms with E-state index in [1.54, 1.807) is 0 Å². The molecule has 1 heterocycles. The van der Waals surface area contributed by atoms with Crippen LogP contribution in [-0.2, 0) is 4.79 Å². The van der Waals surface area contributed by atoms with Crippen LogP contribution in [0.2, 0.25) is 0 Å². The molecule has 5 nitrogen and oxygen atoms in total. The van der Waals surface area contributed by atoms with E-state index in [4.69, 9.17) is 0 Å². The summed E-state index contributed by atoms with van der Waals surface area (Å²) in [5, 5.41) is 6.06. The Kier molecular flexibility index (Phi) is 7.40. The molecule has 0 bridgehead atoms. The van der Waals surface area contributed by atoms with Crippen molar-refractivity contribution in [3.63, 3.8) is 0 Å². The molecule has 0 unspecified atom stereocenters. The number of nitrogens with one attached hydrogen (secondary N) is 2. The van der Waals surface area contributed by atoms with Gasteiger partial charge in [0, 0.05) is 31.0 Å². The van der Waals surface area contributed by atoms with Crippen molar-refractivity contribution in [1.29, 1.82) is 0 Å². The largest absolute Gasteiger partial charge is 0.371 e. The summed E-state index contributed by atoms with van der Waals surface area (Å²) in [7, 11) is 0. The van der Waals surface area contributed by atoms with Crippen LogP contribution in [0.4, 0.5) is 11.4 Å². The zero-order valence-electron chi connectivity index (χ0n) is 19.1. The van der Waals surface area contributed by atoms with Crippen LogP contribution in [0.1, 0.15) is 53.6 Å². The van der Waals surface area contributed by atoms with Crippen molar-refractivity contribution in [3.8, 4) is 0 Å². The molecule has 2 amide bonds. The van der Waals surface area contributed by atoms with Gasteiger partial charge in [-0.3, -0.25) is 9.59 Å². The highest BCUT2D eigenvalue weighted by Gasteiger charge is 2.24. The number of hydrogen-bond donors (Lipinski definition) is 2. The molecule has 0 saturated carbocycles. The van der Waals surface area contributed by atoms with Crippen LogP contribution in [0.5, 0.6) is 0 Å². The quantitative estimate of drug-likeness (QED) is 0.505. The van der Waals surface area contributed by atoms with E-state index in [9.17, 15) is 9.59 Å². The lowest BCUT2D eigenvalue weighted by Crippen LogP contribution is -2.28. The van der Waals surface area contributed by atoms with Gasteiger partial charge in [0.15, 0.2) is 0 Å². The fourth-order valence-corrected chi connectivity index (χ4v) is 4.36. The second-order valence-corrected chi connectivity index (χ2v) is 8.43. The van der Waals surface area contributed by atoms with E-state index in [1.165, 1.54) is 0 Å².